The zero-order chi connectivity index (χ0) is 27.0. The van der Waals surface area contributed by atoms with Crippen LogP contribution < -0.4 is 15.5 Å². The summed E-state index contributed by atoms with van der Waals surface area (Å²) in [7, 11) is -4.92. The van der Waals surface area contributed by atoms with E-state index in [4.69, 9.17) is 19.9 Å². The number of aromatic nitrogens is 1. The molecule has 0 saturated heterocycles. The predicted molar refractivity (Wildman–Crippen MR) is 131 cm³/mol. The van der Waals surface area contributed by atoms with Gasteiger partial charge in [0.25, 0.3) is 11.8 Å². The number of carbonyl (C=O) groups excluding carboxylic acids is 3. The Balaban J connectivity index is 2.51. The van der Waals surface area contributed by atoms with Gasteiger partial charge in [0.2, 0.25) is 6.79 Å². The number of aromatic amines is 1. The third-order valence-corrected chi connectivity index (χ3v) is 5.46. The third kappa shape index (κ3) is 7.25. The highest BCUT2D eigenvalue weighted by Crippen LogP contribution is 2.35. The van der Waals surface area contributed by atoms with Crippen LogP contribution in [0.3, 0.4) is 0 Å². The molecule has 196 valence electrons. The normalized spacial score (nSPS) is 11.1. The van der Waals surface area contributed by atoms with Gasteiger partial charge in [0.1, 0.15) is 0 Å². The summed E-state index contributed by atoms with van der Waals surface area (Å²) in [6.45, 7) is 6.63. The molecule has 0 spiro atoms. The molecule has 0 aliphatic carbocycles. The number of rotatable bonds is 10. The monoisotopic (exact) mass is 523 g/mol. The molecule has 0 bridgehead atoms. The summed E-state index contributed by atoms with van der Waals surface area (Å²) in [5.41, 5.74) is 1.58. The van der Waals surface area contributed by atoms with Crippen molar-refractivity contribution in [2.45, 2.75) is 34.1 Å². The standard InChI is InChI=1S/C22H30N5O8P/c1-5-9-25-21(29)16-11-26-18(14(16)4)19(23)27(22(30)34-12-35-36(31,32)33)17-10-15(8-7-13(17)3)20(28)24-6-2/h7-8,10-11,23,26H,5-6,9,12H2,1-4H3,(H,24,28)(H,25,29)(H2,31,32,33). The van der Waals surface area contributed by atoms with Gasteiger partial charge in [-0.2, -0.15) is 0 Å². The van der Waals surface area contributed by atoms with Crippen molar-refractivity contribution in [3.05, 3.63) is 52.3 Å². The minimum atomic E-state index is -4.92. The molecule has 2 rings (SSSR count). The minimum Gasteiger partial charge on any atom is -0.421 e. The van der Waals surface area contributed by atoms with Crippen molar-refractivity contribution in [2.24, 2.45) is 0 Å². The summed E-state index contributed by atoms with van der Waals surface area (Å²) in [6.07, 6.45) is 0.938. The topological polar surface area (TPSA) is 194 Å². The summed E-state index contributed by atoms with van der Waals surface area (Å²) < 4.78 is 20.0. The molecule has 0 radical (unpaired) electrons. The Bertz CT molecular complexity index is 1190. The van der Waals surface area contributed by atoms with Crippen LogP contribution in [0.25, 0.3) is 0 Å². The van der Waals surface area contributed by atoms with E-state index >= 15 is 0 Å². The maximum absolute atomic E-state index is 13.0. The Morgan fingerprint density at radius 3 is 2.44 bits per heavy atom. The van der Waals surface area contributed by atoms with Crippen LogP contribution >= 0.6 is 7.82 Å². The van der Waals surface area contributed by atoms with Gasteiger partial charge >= 0.3 is 13.9 Å². The number of aryl methyl sites for hydroxylation is 1. The number of phosphoric ester groups is 1. The highest BCUT2D eigenvalue weighted by molar-refractivity contribution is 7.46. The lowest BCUT2D eigenvalue weighted by Gasteiger charge is -2.25. The number of anilines is 1. The molecular formula is C22H30N5O8P. The highest BCUT2D eigenvalue weighted by atomic mass is 31.2. The average Bonchev–Trinajstić information content (AvgIpc) is 3.19. The molecule has 6 N–H and O–H groups in total. The van der Waals surface area contributed by atoms with Crippen LogP contribution in [0.5, 0.6) is 0 Å². The van der Waals surface area contributed by atoms with Gasteiger partial charge in [0, 0.05) is 24.8 Å². The van der Waals surface area contributed by atoms with Crippen LogP contribution in [-0.4, -0.2) is 58.4 Å². The molecule has 0 atom stereocenters. The quantitative estimate of drug-likeness (QED) is 0.118. The SMILES string of the molecule is CCCNC(=O)c1c[nH]c(C(=N)N(C(=O)OCOP(=O)(O)O)c2cc(C(=O)NCC)ccc2C)c1C. The summed E-state index contributed by atoms with van der Waals surface area (Å²) in [5, 5.41) is 14.2. The van der Waals surface area contributed by atoms with E-state index in [0.717, 1.165) is 11.3 Å². The lowest BCUT2D eigenvalue weighted by Crippen LogP contribution is -2.39. The van der Waals surface area contributed by atoms with E-state index in [1.807, 2.05) is 6.92 Å². The molecule has 0 aliphatic rings. The molecule has 14 heteroatoms. The number of amidine groups is 1. The molecule has 1 aromatic carbocycles. The zero-order valence-corrected chi connectivity index (χ0v) is 21.3. The number of amides is 3. The fraction of sp³-hybridized carbons (Fsp3) is 0.364. The second-order valence-electron chi connectivity index (χ2n) is 7.65. The zero-order valence-electron chi connectivity index (χ0n) is 20.4. The molecule has 13 nitrogen and oxygen atoms in total. The third-order valence-electron chi connectivity index (χ3n) is 5.02. The number of ether oxygens (including phenoxy) is 1. The number of hydrogen-bond acceptors (Lipinski definition) is 7. The fourth-order valence-electron chi connectivity index (χ4n) is 3.20. The maximum atomic E-state index is 13.0. The van der Waals surface area contributed by atoms with E-state index in [2.05, 4.69) is 20.1 Å². The Morgan fingerprint density at radius 1 is 1.14 bits per heavy atom. The van der Waals surface area contributed by atoms with Crippen LogP contribution in [0.2, 0.25) is 0 Å². The van der Waals surface area contributed by atoms with Crippen LogP contribution in [0.1, 0.15) is 57.8 Å². The molecule has 0 fully saturated rings. The molecule has 2 aromatic rings. The Hall–Kier alpha value is -3.51. The van der Waals surface area contributed by atoms with Gasteiger partial charge in [-0.05, 0) is 50.5 Å². The van der Waals surface area contributed by atoms with Crippen molar-refractivity contribution in [3.63, 3.8) is 0 Å². The largest absolute Gasteiger partial charge is 0.472 e. The first-order valence-electron chi connectivity index (χ1n) is 11.0. The first-order valence-corrected chi connectivity index (χ1v) is 12.5. The van der Waals surface area contributed by atoms with E-state index in [9.17, 15) is 18.9 Å². The molecule has 1 heterocycles. The van der Waals surface area contributed by atoms with E-state index < -0.39 is 32.5 Å². The number of nitrogens with zero attached hydrogens (tertiary/aromatic N) is 1. The van der Waals surface area contributed by atoms with Crippen molar-refractivity contribution < 1.29 is 38.0 Å². The predicted octanol–water partition coefficient (Wildman–Crippen LogP) is 2.56. The van der Waals surface area contributed by atoms with E-state index in [0.29, 0.717) is 24.2 Å². The molecule has 1 aromatic heterocycles. The maximum Gasteiger partial charge on any atom is 0.472 e. The van der Waals surface area contributed by atoms with Gasteiger partial charge in [-0.25, -0.2) is 18.8 Å². The summed E-state index contributed by atoms with van der Waals surface area (Å²) in [6, 6.07) is 4.50. The van der Waals surface area contributed by atoms with Gasteiger partial charge in [0.05, 0.1) is 16.9 Å². The van der Waals surface area contributed by atoms with Crippen molar-refractivity contribution >= 4 is 37.3 Å². The molecule has 36 heavy (non-hydrogen) atoms. The van der Waals surface area contributed by atoms with Crippen LogP contribution in [0.15, 0.2) is 24.4 Å². The van der Waals surface area contributed by atoms with Gasteiger partial charge in [-0.1, -0.05) is 13.0 Å². The first kappa shape index (κ1) is 28.7. The van der Waals surface area contributed by atoms with Crippen molar-refractivity contribution in [1.29, 1.82) is 5.41 Å². The lowest BCUT2D eigenvalue weighted by molar-refractivity contribution is 0.0449. The molecule has 0 saturated carbocycles. The highest BCUT2D eigenvalue weighted by Gasteiger charge is 2.29. The van der Waals surface area contributed by atoms with Crippen molar-refractivity contribution in [1.82, 2.24) is 15.6 Å². The van der Waals surface area contributed by atoms with Crippen LogP contribution in [0.4, 0.5) is 10.5 Å². The fourth-order valence-corrected chi connectivity index (χ4v) is 3.39. The first-order chi connectivity index (χ1) is 16.9. The second kappa shape index (κ2) is 12.5. The smallest absolute Gasteiger partial charge is 0.421 e. The molecule has 3 amide bonds. The van der Waals surface area contributed by atoms with Crippen LogP contribution in [0, 0.1) is 19.3 Å². The van der Waals surface area contributed by atoms with E-state index in [1.165, 1.54) is 12.3 Å². The second-order valence-corrected chi connectivity index (χ2v) is 8.89. The van der Waals surface area contributed by atoms with Gasteiger partial charge in [-0.15, -0.1) is 0 Å². The minimum absolute atomic E-state index is 0.107. The summed E-state index contributed by atoms with van der Waals surface area (Å²) in [4.78, 5) is 59.3. The van der Waals surface area contributed by atoms with Crippen molar-refractivity contribution in [2.75, 3.05) is 24.8 Å². The average molecular weight is 523 g/mol. The Labute approximate surface area is 207 Å². The van der Waals surface area contributed by atoms with Gasteiger partial charge in [-0.3, -0.25) is 15.0 Å². The van der Waals surface area contributed by atoms with E-state index in [1.54, 1.807) is 32.9 Å². The van der Waals surface area contributed by atoms with Gasteiger partial charge in [0.15, 0.2) is 5.84 Å². The van der Waals surface area contributed by atoms with Crippen LogP contribution in [-0.2, 0) is 13.8 Å². The Kier molecular flexibility index (Phi) is 9.93. The Morgan fingerprint density at radius 2 is 1.83 bits per heavy atom. The summed E-state index contributed by atoms with van der Waals surface area (Å²) in [5.74, 6) is -1.20. The molecule has 0 aliphatic heterocycles. The lowest BCUT2D eigenvalue weighted by atomic mass is 10.1. The number of hydrogen-bond donors (Lipinski definition) is 6. The molecule has 0 unspecified atom stereocenters. The van der Waals surface area contributed by atoms with E-state index in [-0.39, 0.29) is 28.4 Å². The number of nitrogens with one attached hydrogen (secondary N) is 4. The number of H-pyrrole nitrogens is 1. The summed E-state index contributed by atoms with van der Waals surface area (Å²) >= 11 is 0. The van der Waals surface area contributed by atoms with Gasteiger partial charge < -0.3 is 30.1 Å². The number of carbonyl (C=O) groups is 3. The number of phosphoric acid groups is 1. The molecular weight excluding hydrogens is 493 g/mol. The van der Waals surface area contributed by atoms with Crippen molar-refractivity contribution in [3.8, 4) is 0 Å². The number of benzene rings is 1.